The Balaban J connectivity index is 1.04. The van der Waals surface area contributed by atoms with Gasteiger partial charge in [0, 0.05) is 0 Å². The molecule has 8 aliphatic rings. The van der Waals surface area contributed by atoms with E-state index in [9.17, 15) is 4.79 Å². The highest BCUT2D eigenvalue weighted by Crippen LogP contribution is 2.79. The maximum Gasteiger partial charge on any atom is 0.309 e. The monoisotopic (exact) mass is 466 g/mol. The predicted molar refractivity (Wildman–Crippen MR) is 131 cm³/mol. The normalized spacial score (nSPS) is 59.3. The number of ether oxygens (including phenoxy) is 2. The van der Waals surface area contributed by atoms with Crippen molar-refractivity contribution in [2.24, 2.45) is 76.9 Å². The van der Waals surface area contributed by atoms with Crippen molar-refractivity contribution in [1.29, 1.82) is 0 Å². The van der Waals surface area contributed by atoms with Gasteiger partial charge in [0.1, 0.15) is 5.60 Å². The Labute approximate surface area is 206 Å². The van der Waals surface area contributed by atoms with E-state index in [0.717, 1.165) is 84.4 Å². The number of hydrogen-bond donors (Lipinski definition) is 0. The van der Waals surface area contributed by atoms with Crippen LogP contribution in [0, 0.1) is 76.9 Å². The molecule has 0 aromatic heterocycles. The van der Waals surface area contributed by atoms with Gasteiger partial charge in [-0.25, -0.2) is 0 Å². The molecule has 0 aromatic carbocycles. The first-order valence-electron chi connectivity index (χ1n) is 15.4. The lowest BCUT2D eigenvalue weighted by atomic mass is 9.55. The van der Waals surface area contributed by atoms with Gasteiger partial charge in [0.25, 0.3) is 0 Å². The van der Waals surface area contributed by atoms with Crippen molar-refractivity contribution in [3.63, 3.8) is 0 Å². The van der Waals surface area contributed by atoms with E-state index in [-0.39, 0.29) is 17.5 Å². The van der Waals surface area contributed by atoms with Crippen LogP contribution in [0.15, 0.2) is 0 Å². The Morgan fingerprint density at radius 1 is 0.735 bits per heavy atom. The van der Waals surface area contributed by atoms with Gasteiger partial charge < -0.3 is 9.47 Å². The molecule has 0 spiro atoms. The standard InChI is InChI=1S/C31H46O3/c1-4-22-28-20-14-21(29(28)23(5-2)33-22)27-19-13-18(26(20)27)24-15-11-16(25(19)24)17(12-15)30(32)34-31(3)9-7-6-8-10-31/h15-29H,4-14H2,1-3H3. The summed E-state index contributed by atoms with van der Waals surface area (Å²) in [5.74, 6) is 11.2. The van der Waals surface area contributed by atoms with Crippen molar-refractivity contribution in [1.82, 2.24) is 0 Å². The second-order valence-corrected chi connectivity index (χ2v) is 14.6. The van der Waals surface area contributed by atoms with Gasteiger partial charge in [0.05, 0.1) is 18.1 Å². The molecule has 3 heteroatoms. The van der Waals surface area contributed by atoms with Crippen molar-refractivity contribution < 1.29 is 14.3 Å². The van der Waals surface area contributed by atoms with E-state index in [1.54, 1.807) is 0 Å². The average molecular weight is 467 g/mol. The van der Waals surface area contributed by atoms with Gasteiger partial charge in [-0.2, -0.15) is 0 Å². The molecule has 8 rings (SSSR count). The molecule has 1 saturated heterocycles. The third kappa shape index (κ3) is 2.57. The van der Waals surface area contributed by atoms with Crippen LogP contribution in [0.25, 0.3) is 0 Å². The lowest BCUT2D eigenvalue weighted by molar-refractivity contribution is -0.170. The number of rotatable bonds is 4. The Morgan fingerprint density at radius 2 is 1.29 bits per heavy atom. The molecule has 0 radical (unpaired) electrons. The molecule has 15 atom stereocenters. The summed E-state index contributed by atoms with van der Waals surface area (Å²) in [7, 11) is 0. The number of esters is 1. The van der Waals surface area contributed by atoms with Crippen molar-refractivity contribution in [2.45, 2.75) is 109 Å². The highest BCUT2D eigenvalue weighted by molar-refractivity contribution is 5.74. The van der Waals surface area contributed by atoms with E-state index in [0.29, 0.717) is 18.1 Å². The molecule has 188 valence electrons. The van der Waals surface area contributed by atoms with Crippen LogP contribution in [0.4, 0.5) is 0 Å². The molecule has 0 N–H and O–H groups in total. The Hall–Kier alpha value is -0.570. The summed E-state index contributed by atoms with van der Waals surface area (Å²) in [5, 5.41) is 0. The summed E-state index contributed by atoms with van der Waals surface area (Å²) < 4.78 is 13.0. The Bertz CT molecular complexity index is 861. The largest absolute Gasteiger partial charge is 0.459 e. The molecular formula is C31H46O3. The SMILES string of the molecule is CCC1OC(CC)C2C3CC(C12)C1C2CC(C4C5CC(CC5C(=O)OC5(C)CCCCC5)C24)C31. The van der Waals surface area contributed by atoms with Crippen LogP contribution in [0.3, 0.4) is 0 Å². The smallest absolute Gasteiger partial charge is 0.309 e. The predicted octanol–water partition coefficient (Wildman–Crippen LogP) is 6.49. The van der Waals surface area contributed by atoms with E-state index in [2.05, 4.69) is 20.8 Å². The molecule has 0 amide bonds. The molecule has 8 fully saturated rings. The van der Waals surface area contributed by atoms with Crippen LogP contribution < -0.4 is 0 Å². The van der Waals surface area contributed by atoms with Gasteiger partial charge in [0.2, 0.25) is 0 Å². The zero-order chi connectivity index (χ0) is 22.9. The fourth-order valence-electron chi connectivity index (χ4n) is 13.1. The molecular weight excluding hydrogens is 420 g/mol. The van der Waals surface area contributed by atoms with Crippen molar-refractivity contribution >= 4 is 5.97 Å². The summed E-state index contributed by atoms with van der Waals surface area (Å²) in [6.07, 6.45) is 14.9. The summed E-state index contributed by atoms with van der Waals surface area (Å²) in [6, 6.07) is 0. The van der Waals surface area contributed by atoms with Gasteiger partial charge in [-0.3, -0.25) is 4.79 Å². The maximum absolute atomic E-state index is 13.5. The van der Waals surface area contributed by atoms with Gasteiger partial charge >= 0.3 is 5.97 Å². The molecule has 7 aliphatic carbocycles. The van der Waals surface area contributed by atoms with E-state index in [1.165, 1.54) is 51.4 Å². The third-order valence-corrected chi connectivity index (χ3v) is 13.6. The van der Waals surface area contributed by atoms with Crippen LogP contribution in [0.5, 0.6) is 0 Å². The number of carbonyl (C=O) groups is 1. The van der Waals surface area contributed by atoms with Crippen LogP contribution in [-0.4, -0.2) is 23.8 Å². The molecule has 15 unspecified atom stereocenters. The lowest BCUT2D eigenvalue weighted by Gasteiger charge is -2.49. The molecule has 6 bridgehead atoms. The van der Waals surface area contributed by atoms with Crippen LogP contribution >= 0.6 is 0 Å². The van der Waals surface area contributed by atoms with Crippen LogP contribution in [-0.2, 0) is 14.3 Å². The van der Waals surface area contributed by atoms with E-state index < -0.39 is 0 Å². The number of carbonyl (C=O) groups excluding carboxylic acids is 1. The van der Waals surface area contributed by atoms with Gasteiger partial charge in [-0.1, -0.05) is 20.3 Å². The minimum Gasteiger partial charge on any atom is -0.459 e. The maximum atomic E-state index is 13.5. The van der Waals surface area contributed by atoms with Crippen molar-refractivity contribution in [2.75, 3.05) is 0 Å². The molecule has 34 heavy (non-hydrogen) atoms. The van der Waals surface area contributed by atoms with Crippen molar-refractivity contribution in [3.05, 3.63) is 0 Å². The molecule has 1 heterocycles. The Morgan fingerprint density at radius 3 is 1.91 bits per heavy atom. The lowest BCUT2D eigenvalue weighted by Crippen LogP contribution is -2.48. The fourth-order valence-corrected chi connectivity index (χ4v) is 13.1. The fraction of sp³-hybridized carbons (Fsp3) is 0.968. The van der Waals surface area contributed by atoms with E-state index in [4.69, 9.17) is 9.47 Å². The van der Waals surface area contributed by atoms with Crippen LogP contribution in [0.2, 0.25) is 0 Å². The van der Waals surface area contributed by atoms with E-state index in [1.807, 2.05) is 0 Å². The summed E-state index contributed by atoms with van der Waals surface area (Å²) >= 11 is 0. The summed E-state index contributed by atoms with van der Waals surface area (Å²) in [5.41, 5.74) is -0.177. The minimum absolute atomic E-state index is 0.177. The number of hydrogen-bond acceptors (Lipinski definition) is 3. The first kappa shape index (κ1) is 21.5. The van der Waals surface area contributed by atoms with Gasteiger partial charge in [-0.05, 0) is 142 Å². The summed E-state index contributed by atoms with van der Waals surface area (Å²) in [4.78, 5) is 13.5. The third-order valence-electron chi connectivity index (χ3n) is 13.6. The highest BCUT2D eigenvalue weighted by atomic mass is 16.6. The zero-order valence-corrected chi connectivity index (χ0v) is 21.7. The molecule has 0 aromatic rings. The van der Waals surface area contributed by atoms with Crippen LogP contribution in [0.1, 0.15) is 91.4 Å². The van der Waals surface area contributed by atoms with E-state index >= 15 is 0 Å². The quantitative estimate of drug-likeness (QED) is 0.351. The first-order valence-corrected chi connectivity index (χ1v) is 15.4. The molecule has 3 nitrogen and oxygen atoms in total. The topological polar surface area (TPSA) is 35.5 Å². The average Bonchev–Trinajstić information content (AvgIpc) is 3.64. The van der Waals surface area contributed by atoms with Gasteiger partial charge in [0.15, 0.2) is 0 Å². The van der Waals surface area contributed by atoms with Crippen molar-refractivity contribution in [3.8, 4) is 0 Å². The molecule has 7 saturated carbocycles. The molecule has 1 aliphatic heterocycles. The first-order chi connectivity index (χ1) is 16.5. The highest BCUT2D eigenvalue weighted by Gasteiger charge is 2.76. The van der Waals surface area contributed by atoms with Gasteiger partial charge in [-0.15, -0.1) is 0 Å². The second-order valence-electron chi connectivity index (χ2n) is 14.6. The zero-order valence-electron chi connectivity index (χ0n) is 21.7. The second kappa shape index (κ2) is 7.26. The summed E-state index contributed by atoms with van der Waals surface area (Å²) in [6.45, 7) is 6.94. The minimum atomic E-state index is -0.177. The number of fused-ring (bicyclic) bond motifs is 19. The Kier molecular flexibility index (Phi) is 4.59.